The van der Waals surface area contributed by atoms with Gasteiger partial charge in [0, 0.05) is 12.8 Å². The first-order chi connectivity index (χ1) is 6.95. The van der Waals surface area contributed by atoms with Gasteiger partial charge in [0.15, 0.2) is 0 Å². The molecule has 1 aromatic carbocycles. The van der Waals surface area contributed by atoms with Crippen LogP contribution in [0.25, 0.3) is 0 Å². The summed E-state index contributed by atoms with van der Waals surface area (Å²) in [4.78, 5) is 0. The van der Waals surface area contributed by atoms with Crippen LogP contribution in [0.15, 0.2) is 24.3 Å². The monoisotopic (exact) mass is 227 g/mol. The van der Waals surface area contributed by atoms with Crippen molar-refractivity contribution in [1.29, 1.82) is 0 Å². The molecule has 0 aliphatic heterocycles. The highest BCUT2D eigenvalue weighted by molar-refractivity contribution is 7.91. The molecule has 0 aliphatic carbocycles. The van der Waals surface area contributed by atoms with E-state index in [0.29, 0.717) is 13.0 Å². The van der Waals surface area contributed by atoms with Crippen LogP contribution in [-0.4, -0.2) is 19.9 Å². The Balaban J connectivity index is 2.90. The molecule has 0 amide bonds. The first-order valence-electron chi connectivity index (χ1n) is 4.91. The molecule has 0 heterocycles. The van der Waals surface area contributed by atoms with Gasteiger partial charge in [-0.3, -0.25) is 0 Å². The number of rotatable bonds is 4. The molecule has 0 fully saturated rings. The van der Waals surface area contributed by atoms with Crippen molar-refractivity contribution >= 4 is 9.84 Å². The molecule has 84 valence electrons. The second-order valence-corrected chi connectivity index (χ2v) is 6.28. The molecular formula is C11H17NO2S. The van der Waals surface area contributed by atoms with Crippen molar-refractivity contribution in [2.45, 2.75) is 25.1 Å². The van der Waals surface area contributed by atoms with E-state index in [-0.39, 0.29) is 5.25 Å². The summed E-state index contributed by atoms with van der Waals surface area (Å²) in [5.74, 6) is 0. The van der Waals surface area contributed by atoms with Gasteiger partial charge in [-0.2, -0.15) is 0 Å². The Hall–Kier alpha value is -0.870. The second-order valence-electron chi connectivity index (χ2n) is 3.82. The third-order valence-electron chi connectivity index (χ3n) is 2.58. The van der Waals surface area contributed by atoms with Gasteiger partial charge in [0.25, 0.3) is 0 Å². The van der Waals surface area contributed by atoms with Gasteiger partial charge in [-0.1, -0.05) is 24.3 Å². The molecule has 2 N–H and O–H groups in total. The highest BCUT2D eigenvalue weighted by Gasteiger charge is 2.16. The van der Waals surface area contributed by atoms with Crippen molar-refractivity contribution in [1.82, 2.24) is 0 Å². The molecule has 4 heteroatoms. The van der Waals surface area contributed by atoms with Crippen LogP contribution in [-0.2, 0) is 22.8 Å². The second kappa shape index (κ2) is 4.77. The van der Waals surface area contributed by atoms with Crippen LogP contribution in [0.4, 0.5) is 0 Å². The fourth-order valence-corrected chi connectivity index (χ4v) is 1.90. The Morgan fingerprint density at radius 2 is 1.80 bits per heavy atom. The largest absolute Gasteiger partial charge is 0.326 e. The third kappa shape index (κ3) is 3.32. The summed E-state index contributed by atoms with van der Waals surface area (Å²) in [6.07, 6.45) is 1.80. The summed E-state index contributed by atoms with van der Waals surface area (Å²) in [6.45, 7) is 2.18. The van der Waals surface area contributed by atoms with Crippen molar-refractivity contribution < 1.29 is 8.42 Å². The van der Waals surface area contributed by atoms with Gasteiger partial charge in [-0.05, 0) is 24.5 Å². The Labute approximate surface area is 91.2 Å². The van der Waals surface area contributed by atoms with Gasteiger partial charge in [0.2, 0.25) is 0 Å². The quantitative estimate of drug-likeness (QED) is 0.838. The zero-order valence-electron chi connectivity index (χ0n) is 9.10. The summed E-state index contributed by atoms with van der Waals surface area (Å²) >= 11 is 0. The van der Waals surface area contributed by atoms with Crippen molar-refractivity contribution in [2.75, 3.05) is 6.26 Å². The van der Waals surface area contributed by atoms with Crippen molar-refractivity contribution in [3.05, 3.63) is 35.4 Å². The predicted octanol–water partition coefficient (Wildman–Crippen LogP) is 1.12. The van der Waals surface area contributed by atoms with E-state index >= 15 is 0 Å². The molecule has 1 unspecified atom stereocenters. The molecule has 0 bridgehead atoms. The van der Waals surface area contributed by atoms with Gasteiger partial charge in [-0.15, -0.1) is 0 Å². The van der Waals surface area contributed by atoms with Crippen LogP contribution in [0, 0.1) is 0 Å². The lowest BCUT2D eigenvalue weighted by Crippen LogP contribution is -2.19. The Bertz CT molecular complexity index is 426. The fraction of sp³-hybridized carbons (Fsp3) is 0.455. The maximum absolute atomic E-state index is 11.3. The van der Waals surface area contributed by atoms with Crippen LogP contribution in [0.5, 0.6) is 0 Å². The Kier molecular flexibility index (Phi) is 3.88. The van der Waals surface area contributed by atoms with Gasteiger partial charge < -0.3 is 5.73 Å². The zero-order chi connectivity index (χ0) is 11.5. The highest BCUT2D eigenvalue weighted by atomic mass is 32.2. The molecule has 1 rings (SSSR count). The first kappa shape index (κ1) is 12.2. The minimum atomic E-state index is -2.97. The minimum absolute atomic E-state index is 0.356. The van der Waals surface area contributed by atoms with Crippen LogP contribution in [0.2, 0.25) is 0 Å². The van der Waals surface area contributed by atoms with E-state index in [1.165, 1.54) is 6.26 Å². The lowest BCUT2D eigenvalue weighted by Gasteiger charge is -2.12. The maximum atomic E-state index is 11.3. The van der Waals surface area contributed by atoms with Crippen molar-refractivity contribution in [2.24, 2.45) is 5.73 Å². The number of nitrogens with two attached hydrogens (primary N) is 1. The summed E-state index contributed by atoms with van der Waals surface area (Å²) in [5.41, 5.74) is 7.63. The number of hydrogen-bond donors (Lipinski definition) is 1. The van der Waals surface area contributed by atoms with E-state index in [1.807, 2.05) is 24.3 Å². The van der Waals surface area contributed by atoms with Gasteiger partial charge in [0.05, 0.1) is 5.25 Å². The van der Waals surface area contributed by atoms with Crippen LogP contribution in [0.3, 0.4) is 0 Å². The van der Waals surface area contributed by atoms with Crippen molar-refractivity contribution in [3.8, 4) is 0 Å². The number of sulfone groups is 1. The number of benzene rings is 1. The first-order valence-corrected chi connectivity index (χ1v) is 6.86. The molecule has 0 aromatic heterocycles. The predicted molar refractivity (Wildman–Crippen MR) is 62.3 cm³/mol. The van der Waals surface area contributed by atoms with E-state index in [4.69, 9.17) is 5.73 Å². The van der Waals surface area contributed by atoms with Crippen LogP contribution < -0.4 is 5.73 Å². The molecule has 0 saturated carbocycles. The van der Waals surface area contributed by atoms with E-state index in [0.717, 1.165) is 11.1 Å². The Morgan fingerprint density at radius 1 is 1.27 bits per heavy atom. The maximum Gasteiger partial charge on any atom is 0.150 e. The molecule has 0 aliphatic rings. The normalized spacial score (nSPS) is 13.8. The molecular weight excluding hydrogens is 210 g/mol. The SMILES string of the molecule is CC(Cc1ccccc1CN)S(C)(=O)=O. The molecule has 1 aromatic rings. The van der Waals surface area contributed by atoms with Crippen molar-refractivity contribution in [3.63, 3.8) is 0 Å². The molecule has 3 nitrogen and oxygen atoms in total. The zero-order valence-corrected chi connectivity index (χ0v) is 9.92. The Morgan fingerprint density at radius 3 is 2.27 bits per heavy atom. The topological polar surface area (TPSA) is 60.2 Å². The molecule has 0 spiro atoms. The van der Waals surface area contributed by atoms with Gasteiger partial charge >= 0.3 is 0 Å². The minimum Gasteiger partial charge on any atom is -0.326 e. The standard InChI is InChI=1S/C11H17NO2S/c1-9(15(2,13)14)7-10-5-3-4-6-11(10)8-12/h3-6,9H,7-8,12H2,1-2H3. The van der Waals surface area contributed by atoms with Gasteiger partial charge in [0.1, 0.15) is 9.84 Å². The molecule has 0 radical (unpaired) electrons. The average Bonchev–Trinajstić information content (AvgIpc) is 2.17. The fourth-order valence-electron chi connectivity index (χ4n) is 1.42. The number of hydrogen-bond acceptors (Lipinski definition) is 3. The van der Waals surface area contributed by atoms with Crippen LogP contribution >= 0.6 is 0 Å². The molecule has 15 heavy (non-hydrogen) atoms. The van der Waals surface area contributed by atoms with E-state index < -0.39 is 9.84 Å². The molecule has 1 atom stereocenters. The van der Waals surface area contributed by atoms with E-state index in [9.17, 15) is 8.42 Å². The summed E-state index contributed by atoms with van der Waals surface area (Å²) in [6, 6.07) is 7.69. The summed E-state index contributed by atoms with van der Waals surface area (Å²) < 4.78 is 22.6. The smallest absolute Gasteiger partial charge is 0.150 e. The van der Waals surface area contributed by atoms with E-state index in [2.05, 4.69) is 0 Å². The highest BCUT2D eigenvalue weighted by Crippen LogP contribution is 2.13. The van der Waals surface area contributed by atoms with Crippen LogP contribution in [0.1, 0.15) is 18.1 Å². The third-order valence-corrected chi connectivity index (χ3v) is 4.21. The molecule has 0 saturated heterocycles. The lowest BCUT2D eigenvalue weighted by atomic mass is 10.0. The summed E-state index contributed by atoms with van der Waals surface area (Å²) in [7, 11) is -2.97. The average molecular weight is 227 g/mol. The summed E-state index contributed by atoms with van der Waals surface area (Å²) in [5, 5.41) is -0.356. The lowest BCUT2D eigenvalue weighted by molar-refractivity contribution is 0.588. The van der Waals surface area contributed by atoms with Gasteiger partial charge in [-0.25, -0.2) is 8.42 Å². The van der Waals surface area contributed by atoms with E-state index in [1.54, 1.807) is 6.92 Å².